The zero-order valence-electron chi connectivity index (χ0n) is 7.55. The van der Waals surface area contributed by atoms with Crippen LogP contribution in [0.5, 0.6) is 5.88 Å². The minimum atomic E-state index is -2.18. The number of nitrogens with zero attached hydrogens (tertiary/aromatic N) is 3. The maximum atomic E-state index is 11.1. The largest absolute Gasteiger partial charge is 0.479 e. The molecule has 15 heavy (non-hydrogen) atoms. The number of ether oxygens (including phenoxy) is 1. The molecule has 1 unspecified atom stereocenters. The van der Waals surface area contributed by atoms with Crippen LogP contribution in [0.4, 0.5) is 0 Å². The van der Waals surface area contributed by atoms with E-state index in [2.05, 4.69) is 26.0 Å². The minimum Gasteiger partial charge on any atom is -0.479 e. The van der Waals surface area contributed by atoms with Gasteiger partial charge in [-0.2, -0.15) is 0 Å². The van der Waals surface area contributed by atoms with Crippen LogP contribution in [-0.4, -0.2) is 30.5 Å². The highest BCUT2D eigenvalue weighted by Gasteiger charge is 2.19. The standard InChI is InChI=1S/C7H6BrN3O3S/c1-14-7-5(15(12)13)6-9-2-4(8)3-11(6)10-7/h2-3H,1H3,(H,12,13). The van der Waals surface area contributed by atoms with E-state index in [1.165, 1.54) is 17.8 Å². The molecule has 0 saturated heterocycles. The number of rotatable bonds is 2. The van der Waals surface area contributed by atoms with Crippen molar-refractivity contribution >= 4 is 32.7 Å². The van der Waals surface area contributed by atoms with E-state index in [9.17, 15) is 4.21 Å². The van der Waals surface area contributed by atoms with E-state index in [1.54, 1.807) is 6.20 Å². The summed E-state index contributed by atoms with van der Waals surface area (Å²) in [5, 5.41) is 3.96. The topological polar surface area (TPSA) is 76.7 Å². The minimum absolute atomic E-state index is 0.0741. The lowest BCUT2D eigenvalue weighted by atomic mass is 10.6. The van der Waals surface area contributed by atoms with Crippen LogP contribution in [0.2, 0.25) is 0 Å². The van der Waals surface area contributed by atoms with Crippen molar-refractivity contribution in [3.8, 4) is 5.88 Å². The van der Waals surface area contributed by atoms with Crippen molar-refractivity contribution in [2.24, 2.45) is 0 Å². The van der Waals surface area contributed by atoms with E-state index in [0.717, 1.165) is 4.47 Å². The molecule has 8 heteroatoms. The number of halogens is 1. The Balaban J connectivity index is 2.80. The molecule has 2 aromatic rings. The van der Waals surface area contributed by atoms with Crippen LogP contribution in [0.3, 0.4) is 0 Å². The van der Waals surface area contributed by atoms with Gasteiger partial charge in [0, 0.05) is 12.4 Å². The molecule has 6 nitrogen and oxygen atoms in total. The first-order chi connectivity index (χ1) is 7.13. The van der Waals surface area contributed by atoms with Crippen molar-refractivity contribution in [2.45, 2.75) is 4.90 Å². The van der Waals surface area contributed by atoms with Gasteiger partial charge in [-0.05, 0) is 15.9 Å². The Morgan fingerprint density at radius 2 is 2.40 bits per heavy atom. The van der Waals surface area contributed by atoms with Gasteiger partial charge in [-0.1, -0.05) is 0 Å². The summed E-state index contributed by atoms with van der Waals surface area (Å²) in [5.41, 5.74) is 0.302. The molecule has 0 saturated carbocycles. The molecule has 1 atom stereocenters. The second-order valence-corrected chi connectivity index (χ2v) is 4.45. The first kappa shape index (κ1) is 10.5. The average Bonchev–Trinajstić information content (AvgIpc) is 2.54. The zero-order chi connectivity index (χ0) is 11.0. The van der Waals surface area contributed by atoms with Gasteiger partial charge < -0.3 is 9.29 Å². The third kappa shape index (κ3) is 1.75. The first-order valence-corrected chi connectivity index (χ1v) is 5.72. The fourth-order valence-corrected chi connectivity index (χ4v) is 2.03. The smallest absolute Gasteiger partial charge is 0.254 e. The molecule has 0 spiro atoms. The summed E-state index contributed by atoms with van der Waals surface area (Å²) in [6.45, 7) is 0. The highest BCUT2D eigenvalue weighted by Crippen LogP contribution is 2.24. The molecule has 2 rings (SSSR count). The summed E-state index contributed by atoms with van der Waals surface area (Å²) in [6.07, 6.45) is 3.15. The Hall–Kier alpha value is -0.990. The number of hydrogen-bond acceptors (Lipinski definition) is 4. The molecule has 2 aromatic heterocycles. The van der Waals surface area contributed by atoms with E-state index in [0.29, 0.717) is 5.65 Å². The van der Waals surface area contributed by atoms with Crippen molar-refractivity contribution in [3.05, 3.63) is 16.9 Å². The van der Waals surface area contributed by atoms with Gasteiger partial charge in [-0.15, -0.1) is 5.10 Å². The highest BCUT2D eigenvalue weighted by molar-refractivity contribution is 9.10. The van der Waals surface area contributed by atoms with Gasteiger partial charge in [0.2, 0.25) is 0 Å². The van der Waals surface area contributed by atoms with Crippen LogP contribution in [0.1, 0.15) is 0 Å². The Morgan fingerprint density at radius 3 is 3.00 bits per heavy atom. The fraction of sp³-hybridized carbons (Fsp3) is 0.143. The molecule has 0 amide bonds. The van der Waals surface area contributed by atoms with E-state index < -0.39 is 11.1 Å². The number of fused-ring (bicyclic) bond motifs is 1. The molecule has 0 fully saturated rings. The molecular formula is C7H6BrN3O3S. The van der Waals surface area contributed by atoms with Crippen molar-refractivity contribution in [3.63, 3.8) is 0 Å². The molecule has 0 aromatic carbocycles. The molecule has 0 radical (unpaired) electrons. The Morgan fingerprint density at radius 1 is 1.67 bits per heavy atom. The van der Waals surface area contributed by atoms with Crippen LogP contribution < -0.4 is 4.74 Å². The lowest BCUT2D eigenvalue weighted by Gasteiger charge is -1.94. The zero-order valence-corrected chi connectivity index (χ0v) is 9.95. The van der Waals surface area contributed by atoms with Crippen LogP contribution in [0.15, 0.2) is 21.8 Å². The molecule has 80 valence electrons. The maximum absolute atomic E-state index is 11.1. The predicted octanol–water partition coefficient (Wildman–Crippen LogP) is 1.08. The summed E-state index contributed by atoms with van der Waals surface area (Å²) in [4.78, 5) is 4.07. The fourth-order valence-electron chi connectivity index (χ4n) is 1.16. The van der Waals surface area contributed by atoms with Gasteiger partial charge in [0.15, 0.2) is 21.6 Å². The molecule has 2 heterocycles. The van der Waals surface area contributed by atoms with Crippen LogP contribution in [0, 0.1) is 0 Å². The normalized spacial score (nSPS) is 13.0. The third-order valence-corrected chi connectivity index (χ3v) is 2.85. The summed E-state index contributed by atoms with van der Waals surface area (Å²) < 4.78 is 27.1. The molecule has 1 N–H and O–H groups in total. The first-order valence-electron chi connectivity index (χ1n) is 3.82. The van der Waals surface area contributed by atoms with Gasteiger partial charge in [0.25, 0.3) is 5.88 Å². The maximum Gasteiger partial charge on any atom is 0.254 e. The second kappa shape index (κ2) is 3.87. The van der Waals surface area contributed by atoms with E-state index in [1.807, 2.05) is 0 Å². The monoisotopic (exact) mass is 291 g/mol. The predicted molar refractivity (Wildman–Crippen MR) is 56.3 cm³/mol. The van der Waals surface area contributed by atoms with Gasteiger partial charge >= 0.3 is 0 Å². The SMILES string of the molecule is COc1nn2cc(Br)cnc2c1S(=O)O. The quantitative estimate of drug-likeness (QED) is 0.838. The second-order valence-electron chi connectivity index (χ2n) is 2.63. The number of aromatic nitrogens is 3. The van der Waals surface area contributed by atoms with Crippen molar-refractivity contribution in [1.82, 2.24) is 14.6 Å². The van der Waals surface area contributed by atoms with Crippen LogP contribution >= 0.6 is 15.9 Å². The highest BCUT2D eigenvalue weighted by atomic mass is 79.9. The van der Waals surface area contributed by atoms with E-state index in [-0.39, 0.29) is 10.8 Å². The van der Waals surface area contributed by atoms with Crippen molar-refractivity contribution in [2.75, 3.05) is 7.11 Å². The lowest BCUT2D eigenvalue weighted by Crippen LogP contribution is -1.93. The van der Waals surface area contributed by atoms with Gasteiger partial charge in [0.1, 0.15) is 0 Å². The summed E-state index contributed by atoms with van der Waals surface area (Å²) >= 11 is 1.05. The molecular weight excluding hydrogens is 286 g/mol. The third-order valence-electron chi connectivity index (χ3n) is 1.74. The van der Waals surface area contributed by atoms with Crippen LogP contribution in [0.25, 0.3) is 5.65 Å². The van der Waals surface area contributed by atoms with Gasteiger partial charge in [0.05, 0.1) is 11.6 Å². The Kier molecular flexibility index (Phi) is 2.72. The Labute approximate surface area is 95.7 Å². The van der Waals surface area contributed by atoms with Gasteiger partial charge in [-0.3, -0.25) is 0 Å². The molecule has 0 aliphatic carbocycles. The van der Waals surface area contributed by atoms with Crippen molar-refractivity contribution < 1.29 is 13.5 Å². The van der Waals surface area contributed by atoms with E-state index in [4.69, 9.17) is 9.29 Å². The van der Waals surface area contributed by atoms with Crippen LogP contribution in [-0.2, 0) is 11.1 Å². The summed E-state index contributed by atoms with van der Waals surface area (Å²) in [6, 6.07) is 0. The van der Waals surface area contributed by atoms with Gasteiger partial charge in [-0.25, -0.2) is 13.7 Å². The summed E-state index contributed by atoms with van der Waals surface area (Å²) in [5.74, 6) is 0.0985. The molecule has 0 bridgehead atoms. The molecule has 0 aliphatic rings. The number of methoxy groups -OCH3 is 1. The van der Waals surface area contributed by atoms with Crippen molar-refractivity contribution in [1.29, 1.82) is 0 Å². The molecule has 0 aliphatic heterocycles. The Bertz CT molecular complexity index is 542. The lowest BCUT2D eigenvalue weighted by molar-refractivity contribution is 0.384. The summed E-state index contributed by atoms with van der Waals surface area (Å²) in [7, 11) is 1.38. The van der Waals surface area contributed by atoms with E-state index >= 15 is 0 Å². The average molecular weight is 292 g/mol. The number of hydrogen-bond donors (Lipinski definition) is 1.